The van der Waals surface area contributed by atoms with Gasteiger partial charge in [-0.05, 0) is 74.0 Å². The minimum Gasteiger partial charge on any atom is -0.287 e. The maximum Gasteiger partial charge on any atom is 0.320 e. The maximum atomic E-state index is 13.0. The van der Waals surface area contributed by atoms with Crippen LogP contribution in [-0.2, 0) is 12.1 Å². The van der Waals surface area contributed by atoms with E-state index in [-0.39, 0.29) is 22.9 Å². The number of aromatic nitrogens is 5. The minimum atomic E-state index is -0.681. The van der Waals surface area contributed by atoms with E-state index in [4.69, 9.17) is 11.6 Å². The van der Waals surface area contributed by atoms with Crippen molar-refractivity contribution in [3.05, 3.63) is 63.2 Å². The van der Waals surface area contributed by atoms with Gasteiger partial charge in [0.25, 0.3) is 5.91 Å². The number of halogens is 1. The number of nitrogens with zero attached hydrogens (tertiary/aromatic N) is 6. The highest BCUT2D eigenvalue weighted by atomic mass is 35.5. The summed E-state index contributed by atoms with van der Waals surface area (Å²) in [7, 11) is 0. The molecule has 3 aromatic rings. The molecule has 4 saturated carbocycles. The number of nitro groups is 1. The van der Waals surface area contributed by atoms with E-state index >= 15 is 0 Å². The maximum absolute atomic E-state index is 13.0. The van der Waals surface area contributed by atoms with E-state index in [9.17, 15) is 14.9 Å². The van der Waals surface area contributed by atoms with E-state index in [1.54, 1.807) is 21.5 Å². The van der Waals surface area contributed by atoms with E-state index in [1.165, 1.54) is 31.8 Å². The first kappa shape index (κ1) is 21.3. The fraction of sp³-hybridized carbons (Fsp3) is 0.478. The molecule has 1 amide bonds. The van der Waals surface area contributed by atoms with Crippen LogP contribution < -0.4 is 5.32 Å². The number of hydrogen-bond acceptors (Lipinski definition) is 6. The summed E-state index contributed by atoms with van der Waals surface area (Å²) in [5, 5.41) is 23.7. The van der Waals surface area contributed by atoms with E-state index in [0.29, 0.717) is 29.3 Å². The van der Waals surface area contributed by atoms with Crippen molar-refractivity contribution in [3.63, 3.8) is 0 Å². The van der Waals surface area contributed by atoms with Gasteiger partial charge in [0.15, 0.2) is 0 Å². The number of carbonyl (C=O) groups is 1. The van der Waals surface area contributed by atoms with Crippen molar-refractivity contribution < 1.29 is 9.72 Å². The molecule has 34 heavy (non-hydrogen) atoms. The van der Waals surface area contributed by atoms with Gasteiger partial charge in [0.05, 0.1) is 17.0 Å². The zero-order valence-corrected chi connectivity index (χ0v) is 19.2. The molecule has 1 aromatic carbocycles. The lowest BCUT2D eigenvalue weighted by Crippen LogP contribution is -2.52. The normalized spacial score (nSPS) is 27.1. The van der Waals surface area contributed by atoms with Gasteiger partial charge in [0.2, 0.25) is 11.6 Å². The molecular weight excluding hydrogens is 458 g/mol. The smallest absolute Gasteiger partial charge is 0.287 e. The number of benzene rings is 1. The van der Waals surface area contributed by atoms with Gasteiger partial charge in [-0.1, -0.05) is 23.7 Å². The highest BCUT2D eigenvalue weighted by molar-refractivity contribution is 6.30. The van der Waals surface area contributed by atoms with Crippen LogP contribution in [0.15, 0.2) is 36.8 Å². The summed E-state index contributed by atoms with van der Waals surface area (Å²) in [5.74, 6) is 1.35. The molecule has 10 nitrogen and oxygen atoms in total. The van der Waals surface area contributed by atoms with Crippen LogP contribution in [0.4, 0.5) is 11.6 Å². The number of anilines is 1. The van der Waals surface area contributed by atoms with Gasteiger partial charge in [-0.3, -0.25) is 24.9 Å². The zero-order chi connectivity index (χ0) is 23.4. The molecule has 0 unspecified atom stereocenters. The van der Waals surface area contributed by atoms with Crippen molar-refractivity contribution >= 4 is 29.1 Å². The molecule has 0 aliphatic heterocycles. The standard InChI is InChI=1S/C23H24ClN7O3/c24-18-3-1-14(2-4-18)11-29-13-25-22(28-29)26-21(32)20-19(31(33)34)12-30(27-20)23-8-15-5-16(9-23)7-17(6-15)10-23/h1-4,12-13,15-17H,5-11H2,(H,26,28,32). The van der Waals surface area contributed by atoms with E-state index in [2.05, 4.69) is 20.5 Å². The first-order chi connectivity index (χ1) is 16.4. The highest BCUT2D eigenvalue weighted by Gasteiger charge is 2.53. The molecule has 176 valence electrons. The Kier molecular flexibility index (Phi) is 4.94. The summed E-state index contributed by atoms with van der Waals surface area (Å²) in [5.41, 5.74) is 0.275. The lowest BCUT2D eigenvalue weighted by Gasteiger charge is -2.56. The van der Waals surface area contributed by atoms with Crippen LogP contribution in [0.3, 0.4) is 0 Å². The van der Waals surface area contributed by atoms with E-state index in [0.717, 1.165) is 24.8 Å². The molecule has 4 aliphatic rings. The molecule has 1 N–H and O–H groups in total. The molecule has 4 fully saturated rings. The number of nitrogens with one attached hydrogen (secondary N) is 1. The Bertz CT molecular complexity index is 1230. The van der Waals surface area contributed by atoms with Crippen LogP contribution in [0.1, 0.15) is 54.6 Å². The number of carbonyl (C=O) groups excluding carboxylic acids is 1. The third-order valence-corrected chi connectivity index (χ3v) is 7.87. The number of hydrogen-bond donors (Lipinski definition) is 1. The Morgan fingerprint density at radius 2 is 1.76 bits per heavy atom. The molecule has 4 aliphatic carbocycles. The second-order valence-electron chi connectivity index (χ2n) is 10.1. The predicted molar refractivity (Wildman–Crippen MR) is 124 cm³/mol. The topological polar surface area (TPSA) is 121 Å². The van der Waals surface area contributed by atoms with E-state index < -0.39 is 10.8 Å². The first-order valence-electron chi connectivity index (χ1n) is 11.6. The van der Waals surface area contributed by atoms with E-state index in [1.807, 2.05) is 12.1 Å². The first-order valence-corrected chi connectivity index (χ1v) is 11.9. The van der Waals surface area contributed by atoms with Gasteiger partial charge < -0.3 is 0 Å². The Hall–Kier alpha value is -3.27. The van der Waals surface area contributed by atoms with Gasteiger partial charge in [-0.25, -0.2) is 9.67 Å². The number of amides is 1. The van der Waals surface area contributed by atoms with Crippen molar-refractivity contribution in [2.75, 3.05) is 5.32 Å². The molecule has 2 aromatic heterocycles. The Morgan fingerprint density at radius 1 is 1.12 bits per heavy atom. The van der Waals surface area contributed by atoms with Crippen molar-refractivity contribution in [2.24, 2.45) is 17.8 Å². The van der Waals surface area contributed by atoms with Crippen molar-refractivity contribution in [2.45, 2.75) is 50.6 Å². The van der Waals surface area contributed by atoms with Crippen LogP contribution in [0.5, 0.6) is 0 Å². The van der Waals surface area contributed by atoms with Crippen LogP contribution in [0, 0.1) is 27.9 Å². The largest absolute Gasteiger partial charge is 0.320 e. The summed E-state index contributed by atoms with van der Waals surface area (Å²) in [6.07, 6.45) is 9.64. The second kappa shape index (κ2) is 7.90. The van der Waals surface area contributed by atoms with Crippen LogP contribution in [0.25, 0.3) is 0 Å². The summed E-state index contributed by atoms with van der Waals surface area (Å²) >= 11 is 5.92. The Balaban J connectivity index is 1.22. The summed E-state index contributed by atoms with van der Waals surface area (Å²) in [6.45, 7) is 0.445. The fourth-order valence-electron chi connectivity index (χ4n) is 6.61. The zero-order valence-electron chi connectivity index (χ0n) is 18.4. The predicted octanol–water partition coefficient (Wildman–Crippen LogP) is 4.26. The Labute approximate surface area is 200 Å². The molecule has 0 radical (unpaired) electrons. The minimum absolute atomic E-state index is 0.0672. The third-order valence-electron chi connectivity index (χ3n) is 7.62. The van der Waals surface area contributed by atoms with Crippen molar-refractivity contribution in [3.8, 4) is 0 Å². The molecule has 2 heterocycles. The van der Waals surface area contributed by atoms with Gasteiger partial charge >= 0.3 is 5.69 Å². The van der Waals surface area contributed by atoms with Crippen molar-refractivity contribution in [1.29, 1.82) is 0 Å². The van der Waals surface area contributed by atoms with Gasteiger partial charge in [-0.15, -0.1) is 5.10 Å². The highest BCUT2D eigenvalue weighted by Crippen LogP contribution is 2.58. The number of rotatable bonds is 6. The third kappa shape index (κ3) is 3.75. The molecule has 4 bridgehead atoms. The fourth-order valence-corrected chi connectivity index (χ4v) is 6.74. The molecule has 0 spiro atoms. The van der Waals surface area contributed by atoms with Crippen molar-refractivity contribution in [1.82, 2.24) is 24.5 Å². The van der Waals surface area contributed by atoms with Crippen LogP contribution in [-0.4, -0.2) is 35.4 Å². The quantitative estimate of drug-likeness (QED) is 0.414. The molecule has 11 heteroatoms. The van der Waals surface area contributed by atoms with Crippen LogP contribution in [0.2, 0.25) is 5.02 Å². The van der Waals surface area contributed by atoms with Gasteiger partial charge in [0, 0.05) is 5.02 Å². The lowest BCUT2D eigenvalue weighted by atomic mass is 9.53. The van der Waals surface area contributed by atoms with Gasteiger partial charge in [-0.2, -0.15) is 5.10 Å². The Morgan fingerprint density at radius 3 is 2.38 bits per heavy atom. The molecule has 0 atom stereocenters. The lowest BCUT2D eigenvalue weighted by molar-refractivity contribution is -0.385. The summed E-state index contributed by atoms with van der Waals surface area (Å²) < 4.78 is 3.30. The molecular formula is C23H24ClN7O3. The SMILES string of the molecule is O=C(Nc1ncn(Cc2ccc(Cl)cc2)n1)c1nn(C23CC4CC(CC(C4)C2)C3)cc1[N+](=O)[O-]. The second-order valence-corrected chi connectivity index (χ2v) is 10.5. The summed E-state index contributed by atoms with van der Waals surface area (Å²) in [6, 6.07) is 7.33. The van der Waals surface area contributed by atoms with Crippen LogP contribution >= 0.6 is 11.6 Å². The average Bonchev–Trinajstić information content (AvgIpc) is 3.42. The molecule has 7 rings (SSSR count). The van der Waals surface area contributed by atoms with Gasteiger partial charge in [0.1, 0.15) is 12.5 Å². The summed E-state index contributed by atoms with van der Waals surface area (Å²) in [4.78, 5) is 28.4. The monoisotopic (exact) mass is 481 g/mol. The average molecular weight is 482 g/mol. The molecule has 0 saturated heterocycles.